The molecule has 0 aromatic heterocycles. The van der Waals surface area contributed by atoms with Crippen molar-refractivity contribution in [2.24, 2.45) is 10.9 Å². The molecule has 0 spiro atoms. The summed E-state index contributed by atoms with van der Waals surface area (Å²) < 4.78 is 1.16. The maximum atomic E-state index is 4.63. The van der Waals surface area contributed by atoms with Crippen molar-refractivity contribution in [1.82, 2.24) is 0 Å². The van der Waals surface area contributed by atoms with Gasteiger partial charge in [0.1, 0.15) is 0 Å². The van der Waals surface area contributed by atoms with Crippen LogP contribution in [0.3, 0.4) is 0 Å². The van der Waals surface area contributed by atoms with Crippen molar-refractivity contribution in [3.8, 4) is 0 Å². The van der Waals surface area contributed by atoms with Crippen molar-refractivity contribution >= 4 is 21.6 Å². The first kappa shape index (κ1) is 9.91. The predicted molar refractivity (Wildman–Crippen MR) is 63.9 cm³/mol. The standard InChI is InChI=1S/C12H14BrN/c1-9-6-7-12(14-8-9)10-4-2-3-5-11(10)13/h2-5,9H,6-8H2,1H3. The number of rotatable bonds is 1. The summed E-state index contributed by atoms with van der Waals surface area (Å²) in [6.07, 6.45) is 2.38. The van der Waals surface area contributed by atoms with Gasteiger partial charge >= 0.3 is 0 Å². The molecule has 14 heavy (non-hydrogen) atoms. The van der Waals surface area contributed by atoms with E-state index < -0.39 is 0 Å². The first-order chi connectivity index (χ1) is 6.77. The van der Waals surface area contributed by atoms with E-state index in [2.05, 4.69) is 46.0 Å². The van der Waals surface area contributed by atoms with Gasteiger partial charge in [-0.05, 0) is 24.8 Å². The zero-order valence-corrected chi connectivity index (χ0v) is 9.92. The van der Waals surface area contributed by atoms with Crippen LogP contribution in [-0.2, 0) is 0 Å². The number of nitrogens with zero attached hydrogens (tertiary/aromatic N) is 1. The molecule has 1 aromatic carbocycles. The minimum atomic E-state index is 0.751. The number of hydrogen-bond donors (Lipinski definition) is 0. The number of benzene rings is 1. The average molecular weight is 252 g/mol. The van der Waals surface area contributed by atoms with E-state index in [0.29, 0.717) is 0 Å². The molecule has 1 heterocycles. The van der Waals surface area contributed by atoms with E-state index in [0.717, 1.165) is 23.4 Å². The van der Waals surface area contributed by atoms with Crippen molar-refractivity contribution in [1.29, 1.82) is 0 Å². The quantitative estimate of drug-likeness (QED) is 0.723. The van der Waals surface area contributed by atoms with Gasteiger partial charge in [0.15, 0.2) is 0 Å². The summed E-state index contributed by atoms with van der Waals surface area (Å²) in [6.45, 7) is 3.25. The van der Waals surface area contributed by atoms with Gasteiger partial charge < -0.3 is 0 Å². The maximum absolute atomic E-state index is 4.63. The van der Waals surface area contributed by atoms with E-state index in [-0.39, 0.29) is 0 Å². The third kappa shape index (κ3) is 2.06. The Morgan fingerprint density at radius 2 is 2.14 bits per heavy atom. The average Bonchev–Trinajstić information content (AvgIpc) is 2.20. The number of aliphatic imine (C=N–C) groups is 1. The Kier molecular flexibility index (Phi) is 3.02. The van der Waals surface area contributed by atoms with Gasteiger partial charge in [-0.1, -0.05) is 41.1 Å². The minimum Gasteiger partial charge on any atom is -0.289 e. The van der Waals surface area contributed by atoms with Crippen LogP contribution >= 0.6 is 15.9 Å². The van der Waals surface area contributed by atoms with Gasteiger partial charge in [0.25, 0.3) is 0 Å². The predicted octanol–water partition coefficient (Wildman–Crippen LogP) is 3.67. The summed E-state index contributed by atoms with van der Waals surface area (Å²) in [5.74, 6) is 0.751. The van der Waals surface area contributed by atoms with Crippen LogP contribution in [-0.4, -0.2) is 12.3 Å². The molecule has 2 rings (SSSR count). The molecule has 0 aliphatic carbocycles. The molecule has 0 radical (unpaired) electrons. The molecule has 0 N–H and O–H groups in total. The van der Waals surface area contributed by atoms with E-state index in [1.54, 1.807) is 0 Å². The first-order valence-corrected chi connectivity index (χ1v) is 5.85. The SMILES string of the molecule is CC1CCC(c2ccccc2Br)=NC1. The Labute approximate surface area is 93.4 Å². The van der Waals surface area contributed by atoms with E-state index in [4.69, 9.17) is 0 Å². The van der Waals surface area contributed by atoms with Crippen molar-refractivity contribution in [2.75, 3.05) is 6.54 Å². The fraction of sp³-hybridized carbons (Fsp3) is 0.417. The topological polar surface area (TPSA) is 12.4 Å². The van der Waals surface area contributed by atoms with Crippen LogP contribution in [0.1, 0.15) is 25.3 Å². The monoisotopic (exact) mass is 251 g/mol. The van der Waals surface area contributed by atoms with Crippen LogP contribution in [0.25, 0.3) is 0 Å². The fourth-order valence-corrected chi connectivity index (χ4v) is 2.25. The Hall–Kier alpha value is -0.630. The van der Waals surface area contributed by atoms with Crippen molar-refractivity contribution in [3.05, 3.63) is 34.3 Å². The third-order valence-electron chi connectivity index (χ3n) is 2.65. The van der Waals surface area contributed by atoms with Gasteiger partial charge in [-0.25, -0.2) is 0 Å². The second-order valence-corrected chi connectivity index (χ2v) is 4.77. The Morgan fingerprint density at radius 3 is 2.79 bits per heavy atom. The van der Waals surface area contributed by atoms with Gasteiger partial charge in [-0.3, -0.25) is 4.99 Å². The highest BCUT2D eigenvalue weighted by Crippen LogP contribution is 2.23. The van der Waals surface area contributed by atoms with E-state index in [1.807, 2.05) is 6.07 Å². The highest BCUT2D eigenvalue weighted by molar-refractivity contribution is 9.10. The summed E-state index contributed by atoms with van der Waals surface area (Å²) in [6, 6.07) is 8.33. The van der Waals surface area contributed by atoms with Gasteiger partial charge in [-0.2, -0.15) is 0 Å². The summed E-state index contributed by atoms with van der Waals surface area (Å²) in [5, 5.41) is 0. The number of hydrogen-bond acceptors (Lipinski definition) is 1. The van der Waals surface area contributed by atoms with Crippen LogP contribution in [0.2, 0.25) is 0 Å². The molecule has 1 unspecified atom stereocenters. The lowest BCUT2D eigenvalue weighted by Gasteiger charge is -2.18. The zero-order chi connectivity index (χ0) is 9.97. The van der Waals surface area contributed by atoms with Crippen molar-refractivity contribution < 1.29 is 0 Å². The lowest BCUT2D eigenvalue weighted by Crippen LogP contribution is -2.14. The largest absolute Gasteiger partial charge is 0.289 e. The Balaban J connectivity index is 2.28. The van der Waals surface area contributed by atoms with E-state index >= 15 is 0 Å². The molecule has 0 saturated carbocycles. The molecule has 0 saturated heterocycles. The first-order valence-electron chi connectivity index (χ1n) is 5.05. The van der Waals surface area contributed by atoms with Crippen LogP contribution in [0, 0.1) is 5.92 Å². The second-order valence-electron chi connectivity index (χ2n) is 3.91. The van der Waals surface area contributed by atoms with Crippen molar-refractivity contribution in [2.45, 2.75) is 19.8 Å². The second kappa shape index (κ2) is 4.26. The molecule has 74 valence electrons. The van der Waals surface area contributed by atoms with Crippen LogP contribution in [0.4, 0.5) is 0 Å². The molecule has 1 atom stereocenters. The summed E-state index contributed by atoms with van der Waals surface area (Å²) in [4.78, 5) is 4.63. The fourth-order valence-electron chi connectivity index (χ4n) is 1.73. The van der Waals surface area contributed by atoms with E-state index in [9.17, 15) is 0 Å². The normalized spacial score (nSPS) is 21.9. The molecule has 1 nitrogen and oxygen atoms in total. The van der Waals surface area contributed by atoms with Gasteiger partial charge in [-0.15, -0.1) is 0 Å². The molecule has 1 aromatic rings. The highest BCUT2D eigenvalue weighted by atomic mass is 79.9. The molecule has 2 heteroatoms. The molecular weight excluding hydrogens is 238 g/mol. The summed E-state index contributed by atoms with van der Waals surface area (Å²) >= 11 is 3.57. The van der Waals surface area contributed by atoms with E-state index in [1.165, 1.54) is 17.7 Å². The summed E-state index contributed by atoms with van der Waals surface area (Å²) in [7, 11) is 0. The van der Waals surface area contributed by atoms with Gasteiger partial charge in [0.2, 0.25) is 0 Å². The van der Waals surface area contributed by atoms with Crippen LogP contribution < -0.4 is 0 Å². The maximum Gasteiger partial charge on any atom is 0.0432 e. The Morgan fingerprint density at radius 1 is 1.36 bits per heavy atom. The summed E-state index contributed by atoms with van der Waals surface area (Å²) in [5.41, 5.74) is 2.52. The lowest BCUT2D eigenvalue weighted by atomic mass is 9.96. The van der Waals surface area contributed by atoms with Gasteiger partial charge in [0.05, 0.1) is 0 Å². The Bertz CT molecular complexity index is 357. The number of halogens is 1. The molecular formula is C12H14BrN. The highest BCUT2D eigenvalue weighted by Gasteiger charge is 2.14. The lowest BCUT2D eigenvalue weighted by molar-refractivity contribution is 0.538. The smallest absolute Gasteiger partial charge is 0.0432 e. The zero-order valence-electron chi connectivity index (χ0n) is 8.33. The third-order valence-corrected chi connectivity index (χ3v) is 3.34. The molecule has 0 amide bonds. The van der Waals surface area contributed by atoms with Crippen LogP contribution in [0.15, 0.2) is 33.7 Å². The molecule has 1 aliphatic heterocycles. The van der Waals surface area contributed by atoms with Crippen LogP contribution in [0.5, 0.6) is 0 Å². The van der Waals surface area contributed by atoms with Gasteiger partial charge in [0, 0.05) is 22.3 Å². The minimum absolute atomic E-state index is 0.751. The molecule has 1 aliphatic rings. The molecule has 0 bridgehead atoms. The van der Waals surface area contributed by atoms with Crippen molar-refractivity contribution in [3.63, 3.8) is 0 Å². The molecule has 0 fully saturated rings.